The quantitative estimate of drug-likeness (QED) is 0.525. The number of hydrogen-bond acceptors (Lipinski definition) is 3. The molecule has 0 aliphatic heterocycles. The summed E-state index contributed by atoms with van der Waals surface area (Å²) >= 11 is 5.62. The molecule has 0 spiro atoms. The number of hydrogen-bond donors (Lipinski definition) is 1. The van der Waals surface area contributed by atoms with Crippen molar-refractivity contribution >= 4 is 35.0 Å². The highest BCUT2D eigenvalue weighted by Crippen LogP contribution is 2.19. The molecule has 0 aliphatic rings. The Morgan fingerprint density at radius 3 is 2.50 bits per heavy atom. The highest BCUT2D eigenvalue weighted by Gasteiger charge is 2.06. The number of carbonyl (C=O) groups is 1. The van der Waals surface area contributed by atoms with Gasteiger partial charge in [-0.1, -0.05) is 11.6 Å². The molecule has 0 aromatic heterocycles. The molecular weight excluding hydrogens is 311 g/mol. The van der Waals surface area contributed by atoms with Crippen LogP contribution >= 0.6 is 11.6 Å². The van der Waals surface area contributed by atoms with Crippen molar-refractivity contribution < 1.29 is 14.1 Å². The topological polar surface area (TPSA) is 72.2 Å². The van der Waals surface area contributed by atoms with Crippen LogP contribution in [0.3, 0.4) is 0 Å². The fraction of sp³-hybridized carbons (Fsp3) is 0. The van der Waals surface area contributed by atoms with Crippen LogP contribution in [-0.2, 0) is 4.79 Å². The smallest absolute Gasteiger partial charge is 0.269 e. The number of nitrogens with zero attached hydrogens (tertiary/aromatic N) is 1. The molecule has 0 saturated carbocycles. The van der Waals surface area contributed by atoms with Crippen molar-refractivity contribution in [3.63, 3.8) is 0 Å². The van der Waals surface area contributed by atoms with E-state index in [1.54, 1.807) is 0 Å². The van der Waals surface area contributed by atoms with E-state index in [1.165, 1.54) is 48.6 Å². The van der Waals surface area contributed by atoms with E-state index in [2.05, 4.69) is 5.32 Å². The van der Waals surface area contributed by atoms with Crippen LogP contribution in [0.15, 0.2) is 48.5 Å². The van der Waals surface area contributed by atoms with E-state index in [1.807, 2.05) is 0 Å². The first-order valence-corrected chi connectivity index (χ1v) is 6.52. The lowest BCUT2D eigenvalue weighted by molar-refractivity contribution is -0.384. The summed E-state index contributed by atoms with van der Waals surface area (Å²) in [5.41, 5.74) is 0.588. The number of rotatable bonds is 4. The van der Waals surface area contributed by atoms with E-state index in [4.69, 9.17) is 11.6 Å². The molecule has 0 atom stereocenters. The molecule has 0 radical (unpaired) electrons. The van der Waals surface area contributed by atoms with Gasteiger partial charge in [0.15, 0.2) is 0 Å². The summed E-state index contributed by atoms with van der Waals surface area (Å²) in [6.07, 6.45) is 2.67. The van der Waals surface area contributed by atoms with Crippen molar-refractivity contribution in [1.29, 1.82) is 0 Å². The lowest BCUT2D eigenvalue weighted by Crippen LogP contribution is -2.09. The molecule has 0 bridgehead atoms. The number of halogens is 2. The third-order valence-corrected chi connectivity index (χ3v) is 2.96. The first-order valence-electron chi connectivity index (χ1n) is 6.14. The van der Waals surface area contributed by atoms with E-state index in [0.29, 0.717) is 5.56 Å². The van der Waals surface area contributed by atoms with Gasteiger partial charge in [-0.3, -0.25) is 14.9 Å². The predicted molar refractivity (Wildman–Crippen MR) is 82.2 cm³/mol. The van der Waals surface area contributed by atoms with Gasteiger partial charge in [-0.2, -0.15) is 0 Å². The summed E-state index contributed by atoms with van der Waals surface area (Å²) in [7, 11) is 0. The van der Waals surface area contributed by atoms with Crippen LogP contribution in [0.1, 0.15) is 5.56 Å². The molecule has 0 fully saturated rings. The molecule has 2 rings (SSSR count). The SMILES string of the molecule is O=C(C=Cc1ccc([N+](=O)[O-])cc1)Nc1ccc(Cl)cc1F. The van der Waals surface area contributed by atoms with Crippen LogP contribution in [0.4, 0.5) is 15.8 Å². The molecule has 2 aromatic carbocycles. The van der Waals surface area contributed by atoms with E-state index in [0.717, 1.165) is 6.07 Å². The third kappa shape index (κ3) is 4.13. The lowest BCUT2D eigenvalue weighted by Gasteiger charge is -2.03. The Bertz CT molecular complexity index is 745. The standard InChI is InChI=1S/C15H10ClFN2O3/c16-11-4-7-14(13(17)9-11)18-15(20)8-3-10-1-5-12(6-2-10)19(21)22/h1-9H,(H,18,20). The number of nitro benzene ring substituents is 1. The molecule has 0 heterocycles. The second-order valence-corrected chi connectivity index (χ2v) is 4.73. The molecule has 22 heavy (non-hydrogen) atoms. The van der Waals surface area contributed by atoms with Crippen molar-refractivity contribution in [2.24, 2.45) is 0 Å². The zero-order valence-electron chi connectivity index (χ0n) is 11.1. The largest absolute Gasteiger partial charge is 0.320 e. The minimum Gasteiger partial charge on any atom is -0.320 e. The molecular formula is C15H10ClFN2O3. The van der Waals surface area contributed by atoms with E-state index in [-0.39, 0.29) is 16.4 Å². The van der Waals surface area contributed by atoms with Gasteiger partial charge in [0.05, 0.1) is 10.6 Å². The summed E-state index contributed by atoms with van der Waals surface area (Å²) in [6.45, 7) is 0. The maximum atomic E-state index is 13.5. The van der Waals surface area contributed by atoms with Gasteiger partial charge in [-0.15, -0.1) is 0 Å². The normalized spacial score (nSPS) is 10.6. The Hall–Kier alpha value is -2.73. The maximum absolute atomic E-state index is 13.5. The van der Waals surface area contributed by atoms with Crippen LogP contribution in [0.25, 0.3) is 6.08 Å². The average Bonchev–Trinajstić information content (AvgIpc) is 2.48. The summed E-state index contributed by atoms with van der Waals surface area (Å²) in [6, 6.07) is 9.58. The molecule has 112 valence electrons. The summed E-state index contributed by atoms with van der Waals surface area (Å²) in [4.78, 5) is 21.7. The van der Waals surface area contributed by atoms with Crippen LogP contribution in [0.2, 0.25) is 5.02 Å². The fourth-order valence-corrected chi connectivity index (χ4v) is 1.80. The zero-order valence-corrected chi connectivity index (χ0v) is 11.9. The van der Waals surface area contributed by atoms with E-state index >= 15 is 0 Å². The third-order valence-electron chi connectivity index (χ3n) is 2.72. The second kappa shape index (κ2) is 6.82. The molecule has 0 saturated heterocycles. The Morgan fingerprint density at radius 2 is 1.91 bits per heavy atom. The Labute approximate surface area is 130 Å². The number of benzene rings is 2. The first kappa shape index (κ1) is 15.7. The number of carbonyl (C=O) groups excluding carboxylic acids is 1. The van der Waals surface area contributed by atoms with Gasteiger partial charge >= 0.3 is 0 Å². The lowest BCUT2D eigenvalue weighted by atomic mass is 10.2. The zero-order chi connectivity index (χ0) is 16.1. The van der Waals surface area contributed by atoms with Gasteiger partial charge in [-0.05, 0) is 42.0 Å². The van der Waals surface area contributed by atoms with Gasteiger partial charge in [-0.25, -0.2) is 4.39 Å². The van der Waals surface area contributed by atoms with Gasteiger partial charge in [0, 0.05) is 23.2 Å². The number of nitrogens with one attached hydrogen (secondary N) is 1. The monoisotopic (exact) mass is 320 g/mol. The average molecular weight is 321 g/mol. The highest BCUT2D eigenvalue weighted by molar-refractivity contribution is 6.30. The van der Waals surface area contributed by atoms with Crippen molar-refractivity contribution in [2.75, 3.05) is 5.32 Å². The molecule has 0 aliphatic carbocycles. The molecule has 5 nitrogen and oxygen atoms in total. The highest BCUT2D eigenvalue weighted by atomic mass is 35.5. The Kier molecular flexibility index (Phi) is 4.85. The predicted octanol–water partition coefficient (Wildman–Crippen LogP) is 4.04. The number of non-ortho nitro benzene ring substituents is 1. The molecule has 0 unspecified atom stereocenters. The minimum atomic E-state index is -0.635. The van der Waals surface area contributed by atoms with E-state index in [9.17, 15) is 19.3 Å². The number of anilines is 1. The molecule has 7 heteroatoms. The summed E-state index contributed by atoms with van der Waals surface area (Å²) in [5.74, 6) is -1.16. The van der Waals surface area contributed by atoms with Crippen LogP contribution < -0.4 is 5.32 Å². The summed E-state index contributed by atoms with van der Waals surface area (Å²) in [5, 5.41) is 13.1. The van der Waals surface area contributed by atoms with Crippen LogP contribution in [0.5, 0.6) is 0 Å². The van der Waals surface area contributed by atoms with Crippen LogP contribution in [0, 0.1) is 15.9 Å². The maximum Gasteiger partial charge on any atom is 0.269 e. The number of amides is 1. The van der Waals surface area contributed by atoms with E-state index < -0.39 is 16.6 Å². The van der Waals surface area contributed by atoms with Gasteiger partial charge in [0.2, 0.25) is 5.91 Å². The Balaban J connectivity index is 2.03. The van der Waals surface area contributed by atoms with Crippen molar-refractivity contribution in [1.82, 2.24) is 0 Å². The van der Waals surface area contributed by atoms with Gasteiger partial charge < -0.3 is 5.32 Å². The number of nitro groups is 1. The van der Waals surface area contributed by atoms with Crippen molar-refractivity contribution in [2.45, 2.75) is 0 Å². The molecule has 1 N–H and O–H groups in total. The van der Waals surface area contributed by atoms with Crippen molar-refractivity contribution in [3.8, 4) is 0 Å². The summed E-state index contributed by atoms with van der Waals surface area (Å²) < 4.78 is 13.5. The fourth-order valence-electron chi connectivity index (χ4n) is 1.64. The van der Waals surface area contributed by atoms with Crippen molar-refractivity contribution in [3.05, 3.63) is 75.1 Å². The second-order valence-electron chi connectivity index (χ2n) is 4.30. The molecule has 1 amide bonds. The van der Waals surface area contributed by atoms with Gasteiger partial charge in [0.1, 0.15) is 5.82 Å². The Morgan fingerprint density at radius 1 is 1.23 bits per heavy atom. The molecule has 2 aromatic rings. The minimum absolute atomic E-state index is 0.0164. The van der Waals surface area contributed by atoms with Gasteiger partial charge in [0.25, 0.3) is 5.69 Å². The first-order chi connectivity index (χ1) is 10.5. The van der Waals surface area contributed by atoms with Crippen LogP contribution in [-0.4, -0.2) is 10.8 Å².